The van der Waals surface area contributed by atoms with Crippen molar-refractivity contribution in [3.8, 4) is 0 Å². The largest absolute Gasteiger partial charge is 0.466 e. The number of carbonyl (C=O) groups is 1. The van der Waals surface area contributed by atoms with Gasteiger partial charge in [0, 0.05) is 12.1 Å². The topological polar surface area (TPSA) is 38.3 Å². The standard InChI is InChI=1S/C14H25NO2/c1-3-17-14(16)11-4-6-12(7-5-11)15-13-8-10(2)9-13/h10-13,15H,3-9H2,1-2H3. The second-order valence-corrected chi connectivity index (χ2v) is 5.74. The van der Waals surface area contributed by atoms with E-state index < -0.39 is 0 Å². The predicted octanol–water partition coefficient (Wildman–Crippen LogP) is 2.50. The summed E-state index contributed by atoms with van der Waals surface area (Å²) in [5.74, 6) is 1.08. The average Bonchev–Trinajstić information content (AvgIpc) is 2.28. The van der Waals surface area contributed by atoms with Crippen molar-refractivity contribution in [1.82, 2.24) is 5.32 Å². The molecule has 2 fully saturated rings. The highest BCUT2D eigenvalue weighted by molar-refractivity contribution is 5.72. The van der Waals surface area contributed by atoms with Gasteiger partial charge in [0.2, 0.25) is 0 Å². The van der Waals surface area contributed by atoms with Gasteiger partial charge in [-0.2, -0.15) is 0 Å². The van der Waals surface area contributed by atoms with Crippen molar-refractivity contribution in [2.24, 2.45) is 11.8 Å². The van der Waals surface area contributed by atoms with E-state index in [9.17, 15) is 4.79 Å². The van der Waals surface area contributed by atoms with E-state index in [1.165, 1.54) is 12.8 Å². The van der Waals surface area contributed by atoms with Crippen molar-refractivity contribution < 1.29 is 9.53 Å². The molecule has 17 heavy (non-hydrogen) atoms. The maximum atomic E-state index is 11.6. The van der Waals surface area contributed by atoms with Crippen LogP contribution in [-0.2, 0) is 9.53 Å². The molecule has 0 heterocycles. The Kier molecular flexibility index (Phi) is 4.43. The smallest absolute Gasteiger partial charge is 0.308 e. The maximum Gasteiger partial charge on any atom is 0.308 e. The third-order valence-corrected chi connectivity index (χ3v) is 4.19. The van der Waals surface area contributed by atoms with Gasteiger partial charge in [0.15, 0.2) is 0 Å². The Balaban J connectivity index is 1.65. The Morgan fingerprint density at radius 3 is 2.35 bits per heavy atom. The van der Waals surface area contributed by atoms with E-state index in [2.05, 4.69) is 12.2 Å². The fourth-order valence-corrected chi connectivity index (χ4v) is 3.13. The number of hydrogen-bond donors (Lipinski definition) is 1. The third kappa shape index (κ3) is 3.44. The van der Waals surface area contributed by atoms with Gasteiger partial charge in [0.25, 0.3) is 0 Å². The van der Waals surface area contributed by atoms with Crippen molar-refractivity contribution in [2.45, 2.75) is 64.5 Å². The van der Waals surface area contributed by atoms with Crippen LogP contribution >= 0.6 is 0 Å². The van der Waals surface area contributed by atoms with Crippen LogP contribution in [0.25, 0.3) is 0 Å². The average molecular weight is 239 g/mol. The molecule has 0 aromatic heterocycles. The van der Waals surface area contributed by atoms with Crippen LogP contribution in [0.2, 0.25) is 0 Å². The monoisotopic (exact) mass is 239 g/mol. The molecule has 1 N–H and O–H groups in total. The van der Waals surface area contributed by atoms with Crippen molar-refractivity contribution in [3.63, 3.8) is 0 Å². The van der Waals surface area contributed by atoms with E-state index in [1.54, 1.807) is 0 Å². The number of rotatable bonds is 4. The van der Waals surface area contributed by atoms with E-state index in [-0.39, 0.29) is 11.9 Å². The summed E-state index contributed by atoms with van der Waals surface area (Å²) in [5, 5.41) is 3.73. The minimum absolute atomic E-state index is 0.0169. The van der Waals surface area contributed by atoms with Crippen molar-refractivity contribution in [1.29, 1.82) is 0 Å². The molecule has 3 nitrogen and oxygen atoms in total. The number of esters is 1. The zero-order valence-corrected chi connectivity index (χ0v) is 11.1. The Morgan fingerprint density at radius 2 is 1.82 bits per heavy atom. The highest BCUT2D eigenvalue weighted by Gasteiger charge is 2.31. The summed E-state index contributed by atoms with van der Waals surface area (Å²) in [7, 11) is 0. The molecule has 0 aliphatic heterocycles. The Labute approximate surface area is 104 Å². The summed E-state index contributed by atoms with van der Waals surface area (Å²) in [6.45, 7) is 4.70. The van der Waals surface area contributed by atoms with Crippen LogP contribution in [0.3, 0.4) is 0 Å². The zero-order valence-electron chi connectivity index (χ0n) is 11.1. The number of nitrogens with one attached hydrogen (secondary N) is 1. The van der Waals surface area contributed by atoms with Gasteiger partial charge in [0.05, 0.1) is 12.5 Å². The zero-order chi connectivity index (χ0) is 12.3. The fraction of sp³-hybridized carbons (Fsp3) is 0.929. The first kappa shape index (κ1) is 12.9. The molecular formula is C14H25NO2. The van der Waals surface area contributed by atoms with E-state index in [1.807, 2.05) is 6.92 Å². The molecule has 0 atom stereocenters. The molecule has 3 heteroatoms. The van der Waals surface area contributed by atoms with E-state index in [0.29, 0.717) is 12.6 Å². The lowest BCUT2D eigenvalue weighted by Crippen LogP contribution is -2.47. The molecule has 2 aliphatic rings. The Bertz CT molecular complexity index is 253. The van der Waals surface area contributed by atoms with Gasteiger partial charge in [-0.05, 0) is 51.4 Å². The molecule has 0 aromatic carbocycles. The molecule has 0 unspecified atom stereocenters. The lowest BCUT2D eigenvalue weighted by Gasteiger charge is -2.38. The first-order valence-electron chi connectivity index (χ1n) is 7.11. The molecule has 0 saturated heterocycles. The van der Waals surface area contributed by atoms with Crippen LogP contribution in [0, 0.1) is 11.8 Å². The van der Waals surface area contributed by atoms with Crippen LogP contribution in [0.15, 0.2) is 0 Å². The number of ether oxygens (including phenoxy) is 1. The molecule has 98 valence electrons. The summed E-state index contributed by atoms with van der Waals surface area (Å²) in [5.41, 5.74) is 0. The Hall–Kier alpha value is -0.570. The van der Waals surface area contributed by atoms with Gasteiger partial charge in [-0.3, -0.25) is 4.79 Å². The highest BCUT2D eigenvalue weighted by Crippen LogP contribution is 2.30. The first-order valence-corrected chi connectivity index (χ1v) is 7.11. The van der Waals surface area contributed by atoms with Crippen LogP contribution in [0.1, 0.15) is 52.4 Å². The van der Waals surface area contributed by atoms with Crippen molar-refractivity contribution in [2.75, 3.05) is 6.61 Å². The molecule has 0 amide bonds. The normalized spacial score (nSPS) is 37.3. The van der Waals surface area contributed by atoms with E-state index in [4.69, 9.17) is 4.74 Å². The van der Waals surface area contributed by atoms with Crippen molar-refractivity contribution in [3.05, 3.63) is 0 Å². The number of carbonyl (C=O) groups excluding carboxylic acids is 1. The summed E-state index contributed by atoms with van der Waals surface area (Å²) >= 11 is 0. The Morgan fingerprint density at radius 1 is 1.18 bits per heavy atom. The first-order chi connectivity index (χ1) is 8.19. The molecule has 2 rings (SSSR count). The predicted molar refractivity (Wildman–Crippen MR) is 67.7 cm³/mol. The SMILES string of the molecule is CCOC(=O)C1CCC(NC2CC(C)C2)CC1. The summed E-state index contributed by atoms with van der Waals surface area (Å²) < 4.78 is 5.08. The van der Waals surface area contributed by atoms with Crippen LogP contribution in [-0.4, -0.2) is 24.7 Å². The minimum Gasteiger partial charge on any atom is -0.466 e. The van der Waals surface area contributed by atoms with Gasteiger partial charge in [0.1, 0.15) is 0 Å². The van der Waals surface area contributed by atoms with Crippen molar-refractivity contribution >= 4 is 5.97 Å². The van der Waals surface area contributed by atoms with E-state index in [0.717, 1.165) is 37.6 Å². The fourth-order valence-electron chi connectivity index (χ4n) is 3.13. The van der Waals surface area contributed by atoms with Gasteiger partial charge in [-0.1, -0.05) is 6.92 Å². The highest BCUT2D eigenvalue weighted by atomic mass is 16.5. The second-order valence-electron chi connectivity index (χ2n) is 5.74. The lowest BCUT2D eigenvalue weighted by atomic mass is 9.79. The second kappa shape index (κ2) is 5.85. The number of hydrogen-bond acceptors (Lipinski definition) is 3. The molecule has 2 saturated carbocycles. The molecule has 0 radical (unpaired) electrons. The summed E-state index contributed by atoms with van der Waals surface area (Å²) in [4.78, 5) is 11.6. The molecular weight excluding hydrogens is 214 g/mol. The van der Waals surface area contributed by atoms with Crippen LogP contribution in [0.4, 0.5) is 0 Å². The lowest BCUT2D eigenvalue weighted by molar-refractivity contribution is -0.149. The van der Waals surface area contributed by atoms with Gasteiger partial charge >= 0.3 is 5.97 Å². The molecule has 2 aliphatic carbocycles. The van der Waals surface area contributed by atoms with Crippen LogP contribution in [0.5, 0.6) is 0 Å². The van der Waals surface area contributed by atoms with Gasteiger partial charge in [-0.25, -0.2) is 0 Å². The van der Waals surface area contributed by atoms with Gasteiger partial charge in [-0.15, -0.1) is 0 Å². The van der Waals surface area contributed by atoms with Crippen LogP contribution < -0.4 is 5.32 Å². The molecule has 0 bridgehead atoms. The maximum absolute atomic E-state index is 11.6. The third-order valence-electron chi connectivity index (χ3n) is 4.19. The molecule has 0 aromatic rings. The minimum atomic E-state index is 0.0169. The molecule has 0 spiro atoms. The summed E-state index contributed by atoms with van der Waals surface area (Å²) in [6.07, 6.45) is 6.93. The quantitative estimate of drug-likeness (QED) is 0.766. The summed E-state index contributed by atoms with van der Waals surface area (Å²) in [6, 6.07) is 1.38. The van der Waals surface area contributed by atoms with E-state index >= 15 is 0 Å². The van der Waals surface area contributed by atoms with Gasteiger partial charge < -0.3 is 10.1 Å².